The molecule has 0 spiro atoms. The van der Waals surface area contributed by atoms with E-state index in [-0.39, 0.29) is 6.61 Å². The minimum atomic E-state index is -1.56. The van der Waals surface area contributed by atoms with Crippen LogP contribution in [-0.4, -0.2) is 98.9 Å². The van der Waals surface area contributed by atoms with Crippen molar-refractivity contribution in [1.29, 1.82) is 0 Å². The second-order valence-electron chi connectivity index (χ2n) is 9.26. The van der Waals surface area contributed by atoms with Crippen molar-refractivity contribution >= 4 is 42.0 Å². The van der Waals surface area contributed by atoms with Gasteiger partial charge in [-0.3, -0.25) is 19.2 Å². The Bertz CT molecular complexity index is 1190. The molecule has 1 aromatic carbocycles. The number of alkyl carbamates (subject to hydrolysis) is 1. The van der Waals surface area contributed by atoms with Gasteiger partial charge in [-0.2, -0.15) is 0 Å². The topological polar surface area (TPSA) is 220 Å². The van der Waals surface area contributed by atoms with E-state index in [1.54, 1.807) is 30.3 Å². The lowest BCUT2D eigenvalue weighted by Gasteiger charge is -2.44. The molecular weight excluding hydrogens is 590 g/mol. The highest BCUT2D eigenvalue weighted by Crippen LogP contribution is 2.28. The molecule has 2 rings (SSSR count). The molecule has 44 heavy (non-hydrogen) atoms. The Morgan fingerprint density at radius 2 is 1.39 bits per heavy atom. The van der Waals surface area contributed by atoms with Gasteiger partial charge in [-0.15, -0.1) is 0 Å². The lowest BCUT2D eigenvalue weighted by molar-refractivity contribution is -0.255. The molecule has 6 atom stereocenters. The van der Waals surface area contributed by atoms with Gasteiger partial charge in [-0.25, -0.2) is 14.4 Å². The summed E-state index contributed by atoms with van der Waals surface area (Å²) < 4.78 is 36.4. The van der Waals surface area contributed by atoms with Crippen LogP contribution in [0.3, 0.4) is 0 Å². The molecule has 3 amide bonds. The standard InChI is InChI=1S/C27H35N3O14/c1-14(31)39-13-20-21(41-15(2)32)22(42-16(3)33)23(43-17(4)34)24(44-20)30-26(36)28-11-19(25(35)38-5)29-27(37)40-12-18-9-7-6-8-10-18/h6-10,19-24H,11-13H2,1-5H3,(H,29,37)(H2,28,30,36)/t19-,20+,21+,22-,23+,24-/m0/s1. The molecule has 1 saturated heterocycles. The smallest absolute Gasteiger partial charge is 0.408 e. The maximum absolute atomic E-state index is 12.9. The van der Waals surface area contributed by atoms with E-state index in [0.717, 1.165) is 34.8 Å². The molecule has 0 unspecified atom stereocenters. The third-order valence-electron chi connectivity index (χ3n) is 5.72. The van der Waals surface area contributed by atoms with Crippen LogP contribution in [0.2, 0.25) is 0 Å². The van der Waals surface area contributed by atoms with Crippen LogP contribution in [0.25, 0.3) is 0 Å². The van der Waals surface area contributed by atoms with Crippen LogP contribution in [0.4, 0.5) is 9.59 Å². The van der Waals surface area contributed by atoms with E-state index in [2.05, 4.69) is 20.7 Å². The van der Waals surface area contributed by atoms with Gasteiger partial charge >= 0.3 is 42.0 Å². The summed E-state index contributed by atoms with van der Waals surface area (Å²) in [5.74, 6) is -4.17. The predicted molar refractivity (Wildman–Crippen MR) is 144 cm³/mol. The fourth-order valence-electron chi connectivity index (χ4n) is 3.96. The number of hydrogen-bond acceptors (Lipinski definition) is 14. The Morgan fingerprint density at radius 3 is 1.95 bits per heavy atom. The summed E-state index contributed by atoms with van der Waals surface area (Å²) in [6.45, 7) is 3.18. The van der Waals surface area contributed by atoms with Crippen LogP contribution in [-0.2, 0) is 63.7 Å². The third-order valence-corrected chi connectivity index (χ3v) is 5.72. The molecule has 0 saturated carbocycles. The molecule has 1 heterocycles. The highest BCUT2D eigenvalue weighted by molar-refractivity contribution is 5.82. The molecule has 3 N–H and O–H groups in total. The number of esters is 5. The number of methoxy groups -OCH3 is 1. The van der Waals surface area contributed by atoms with Crippen LogP contribution in [0.1, 0.15) is 33.3 Å². The second-order valence-corrected chi connectivity index (χ2v) is 9.26. The third kappa shape index (κ3) is 11.7. The van der Waals surface area contributed by atoms with Crippen molar-refractivity contribution in [2.24, 2.45) is 0 Å². The first-order valence-corrected chi connectivity index (χ1v) is 13.2. The fraction of sp³-hybridized carbons (Fsp3) is 0.519. The monoisotopic (exact) mass is 625 g/mol. The zero-order valence-electron chi connectivity index (χ0n) is 24.7. The Labute approximate surface area is 252 Å². The highest BCUT2D eigenvalue weighted by Gasteiger charge is 2.52. The molecule has 17 nitrogen and oxygen atoms in total. The molecule has 0 radical (unpaired) electrons. The van der Waals surface area contributed by atoms with Gasteiger partial charge in [0.1, 0.15) is 25.4 Å². The second kappa shape index (κ2) is 17.3. The van der Waals surface area contributed by atoms with Crippen molar-refractivity contribution in [3.05, 3.63) is 35.9 Å². The van der Waals surface area contributed by atoms with E-state index >= 15 is 0 Å². The number of benzene rings is 1. The fourth-order valence-corrected chi connectivity index (χ4v) is 3.96. The molecule has 0 bridgehead atoms. The summed E-state index contributed by atoms with van der Waals surface area (Å²) in [7, 11) is 1.07. The summed E-state index contributed by atoms with van der Waals surface area (Å²) in [4.78, 5) is 84.6. The molecule has 1 aliphatic rings. The number of nitrogens with one attached hydrogen (secondary N) is 3. The van der Waals surface area contributed by atoms with E-state index < -0.39 is 91.8 Å². The zero-order chi connectivity index (χ0) is 32.8. The van der Waals surface area contributed by atoms with Crippen molar-refractivity contribution in [2.45, 2.75) is 71.0 Å². The first-order valence-electron chi connectivity index (χ1n) is 13.2. The minimum Gasteiger partial charge on any atom is -0.467 e. The number of hydrogen-bond donors (Lipinski definition) is 3. The van der Waals surface area contributed by atoms with Crippen molar-refractivity contribution in [3.63, 3.8) is 0 Å². The van der Waals surface area contributed by atoms with Crippen molar-refractivity contribution in [2.75, 3.05) is 20.3 Å². The van der Waals surface area contributed by atoms with Crippen molar-refractivity contribution < 1.29 is 66.7 Å². The number of carbonyl (C=O) groups excluding carboxylic acids is 7. The van der Waals surface area contributed by atoms with Gasteiger partial charge in [-0.1, -0.05) is 30.3 Å². The molecule has 0 aliphatic carbocycles. The van der Waals surface area contributed by atoms with E-state index in [1.165, 1.54) is 0 Å². The maximum Gasteiger partial charge on any atom is 0.408 e. The zero-order valence-corrected chi connectivity index (χ0v) is 24.7. The Balaban J connectivity index is 2.18. The summed E-state index contributed by atoms with van der Waals surface area (Å²) >= 11 is 0. The molecule has 1 aliphatic heterocycles. The molecular formula is C27H35N3O14. The number of ether oxygens (including phenoxy) is 7. The Morgan fingerprint density at radius 1 is 0.795 bits per heavy atom. The minimum absolute atomic E-state index is 0.0859. The van der Waals surface area contributed by atoms with Crippen molar-refractivity contribution in [3.8, 4) is 0 Å². The van der Waals surface area contributed by atoms with Crippen LogP contribution in [0.15, 0.2) is 30.3 Å². The van der Waals surface area contributed by atoms with E-state index in [1.807, 2.05) is 0 Å². The first-order chi connectivity index (χ1) is 20.8. The summed E-state index contributed by atoms with van der Waals surface area (Å²) in [5.41, 5.74) is 0.694. The first kappa shape index (κ1) is 35.3. The van der Waals surface area contributed by atoms with Crippen LogP contribution in [0, 0.1) is 0 Å². The maximum atomic E-state index is 12.9. The number of urea groups is 1. The van der Waals surface area contributed by atoms with Gasteiger partial charge < -0.3 is 49.1 Å². The molecule has 17 heteroatoms. The number of carbonyl (C=O) groups is 7. The van der Waals surface area contributed by atoms with E-state index in [9.17, 15) is 33.6 Å². The summed E-state index contributed by atoms with van der Waals surface area (Å²) in [5, 5.41) is 6.99. The van der Waals surface area contributed by atoms with E-state index in [4.69, 9.17) is 28.4 Å². The van der Waals surface area contributed by atoms with Gasteiger partial charge in [0.05, 0.1) is 13.7 Å². The van der Waals surface area contributed by atoms with Gasteiger partial charge in [0.2, 0.25) is 0 Å². The lowest BCUT2D eigenvalue weighted by atomic mass is 9.97. The number of amides is 3. The van der Waals surface area contributed by atoms with Crippen LogP contribution >= 0.6 is 0 Å². The summed E-state index contributed by atoms with van der Waals surface area (Å²) in [6, 6.07) is 6.36. The Hall–Kier alpha value is -4.93. The van der Waals surface area contributed by atoms with Gasteiger partial charge in [0.15, 0.2) is 24.5 Å². The summed E-state index contributed by atoms with van der Waals surface area (Å²) in [6.07, 6.45) is -8.31. The van der Waals surface area contributed by atoms with Gasteiger partial charge in [0.25, 0.3) is 0 Å². The quantitative estimate of drug-likeness (QED) is 0.203. The molecule has 0 aromatic heterocycles. The predicted octanol–water partition coefficient (Wildman–Crippen LogP) is -0.163. The Kier molecular flexibility index (Phi) is 13.8. The van der Waals surface area contributed by atoms with Crippen LogP contribution in [0.5, 0.6) is 0 Å². The van der Waals surface area contributed by atoms with Crippen LogP contribution < -0.4 is 16.0 Å². The number of rotatable bonds is 12. The van der Waals surface area contributed by atoms with Gasteiger partial charge in [-0.05, 0) is 5.56 Å². The largest absolute Gasteiger partial charge is 0.467 e. The SMILES string of the molecule is COC(=O)[C@H](CNC(=O)N[C@H]1O[C@H](COC(C)=O)[C@@H](OC(C)=O)[C@H](OC(C)=O)[C@H]1OC(C)=O)NC(=O)OCc1ccccc1. The molecule has 1 fully saturated rings. The van der Waals surface area contributed by atoms with Gasteiger partial charge in [0, 0.05) is 27.7 Å². The normalized spacial score (nSPS) is 21.3. The average molecular weight is 626 g/mol. The van der Waals surface area contributed by atoms with Crippen molar-refractivity contribution in [1.82, 2.24) is 16.0 Å². The molecule has 1 aromatic rings. The average Bonchev–Trinajstić information content (AvgIpc) is 2.95. The van der Waals surface area contributed by atoms with E-state index in [0.29, 0.717) is 5.56 Å². The lowest BCUT2D eigenvalue weighted by Crippen LogP contribution is -2.67. The highest BCUT2D eigenvalue weighted by atomic mass is 16.7. The molecule has 242 valence electrons.